The molecule has 1 fully saturated rings. The van der Waals surface area contributed by atoms with Crippen molar-refractivity contribution in [2.24, 2.45) is 0 Å². The second kappa shape index (κ2) is 7.06. The van der Waals surface area contributed by atoms with Gasteiger partial charge in [0.25, 0.3) is 0 Å². The maximum absolute atomic E-state index is 13.1. The minimum atomic E-state index is -0.217. The Labute approximate surface area is 148 Å². The molecule has 0 spiro atoms. The minimum absolute atomic E-state index is 0.217. The van der Waals surface area contributed by atoms with Gasteiger partial charge in [-0.1, -0.05) is 6.92 Å². The molecule has 2 N–H and O–H groups in total. The molecule has 2 heterocycles. The van der Waals surface area contributed by atoms with Gasteiger partial charge >= 0.3 is 0 Å². The van der Waals surface area contributed by atoms with Gasteiger partial charge in [-0.25, -0.2) is 4.39 Å². The van der Waals surface area contributed by atoms with Crippen LogP contribution in [0.5, 0.6) is 0 Å². The van der Waals surface area contributed by atoms with E-state index in [1.54, 1.807) is 6.07 Å². The lowest BCUT2D eigenvalue weighted by molar-refractivity contribution is 0.517. The number of nitrogens with zero attached hydrogens (tertiary/aromatic N) is 4. The van der Waals surface area contributed by atoms with Crippen molar-refractivity contribution in [1.82, 2.24) is 4.57 Å². The summed E-state index contributed by atoms with van der Waals surface area (Å²) >= 11 is 0. The number of nitriles is 1. The molecule has 132 valence electrons. The monoisotopic (exact) mass is 341 g/mol. The van der Waals surface area contributed by atoms with Crippen molar-refractivity contribution in [3.8, 4) is 6.07 Å². The molecule has 1 aliphatic heterocycles. The lowest BCUT2D eigenvalue weighted by Gasteiger charge is -2.38. The Balaban J connectivity index is 1.80. The second-order valence-corrected chi connectivity index (χ2v) is 6.50. The van der Waals surface area contributed by atoms with Crippen LogP contribution < -0.4 is 15.5 Å². The van der Waals surface area contributed by atoms with Crippen molar-refractivity contribution in [1.29, 1.82) is 5.26 Å². The first-order valence-corrected chi connectivity index (χ1v) is 8.71. The highest BCUT2D eigenvalue weighted by Crippen LogP contribution is 2.33. The van der Waals surface area contributed by atoms with E-state index < -0.39 is 0 Å². The molecule has 1 aromatic carbocycles. The number of anilines is 3. The van der Waals surface area contributed by atoms with Crippen LogP contribution in [0.4, 0.5) is 21.6 Å². The number of benzene rings is 1. The first kappa shape index (κ1) is 17.2. The Kier molecular flexibility index (Phi) is 4.84. The summed E-state index contributed by atoms with van der Waals surface area (Å²) in [6, 6.07) is 10.9. The molecule has 1 aliphatic rings. The lowest BCUT2D eigenvalue weighted by atomic mass is 10.2. The summed E-state index contributed by atoms with van der Waals surface area (Å²) in [5.74, 6) is 0.732. The van der Waals surface area contributed by atoms with Gasteiger partial charge in [-0.3, -0.25) is 0 Å². The topological polar surface area (TPSA) is 61.2 Å². The number of rotatable bonds is 4. The molecule has 0 unspecified atom stereocenters. The highest BCUT2D eigenvalue weighted by Gasteiger charge is 2.25. The highest BCUT2D eigenvalue weighted by molar-refractivity contribution is 5.69. The molecule has 0 aliphatic carbocycles. The molecule has 6 heteroatoms. The van der Waals surface area contributed by atoms with Crippen LogP contribution >= 0.6 is 0 Å². The third kappa shape index (κ3) is 3.27. The van der Waals surface area contributed by atoms with Crippen molar-refractivity contribution >= 4 is 17.2 Å². The molecule has 0 radical (unpaired) electrons. The van der Waals surface area contributed by atoms with Crippen LogP contribution in [-0.2, 0) is 0 Å². The summed E-state index contributed by atoms with van der Waals surface area (Å²) in [6.07, 6.45) is 0.936. The van der Waals surface area contributed by atoms with E-state index in [0.717, 1.165) is 44.1 Å². The molecule has 0 saturated carbocycles. The SMILES string of the molecule is CC[C@H](C)n1c(C#N)cc(N)c1N1CCN(c2ccc(F)cc2)CC1. The molecule has 5 nitrogen and oxygen atoms in total. The van der Waals surface area contributed by atoms with Gasteiger partial charge in [-0.2, -0.15) is 5.26 Å². The maximum atomic E-state index is 13.1. The van der Waals surface area contributed by atoms with Gasteiger partial charge in [0.15, 0.2) is 0 Å². The van der Waals surface area contributed by atoms with Crippen molar-refractivity contribution < 1.29 is 4.39 Å². The fraction of sp³-hybridized carbons (Fsp3) is 0.421. The molecule has 2 aromatic rings. The van der Waals surface area contributed by atoms with Gasteiger partial charge in [-0.05, 0) is 43.7 Å². The van der Waals surface area contributed by atoms with Crippen LogP contribution in [0.2, 0.25) is 0 Å². The van der Waals surface area contributed by atoms with E-state index in [9.17, 15) is 9.65 Å². The molecule has 0 amide bonds. The zero-order valence-corrected chi connectivity index (χ0v) is 14.7. The van der Waals surface area contributed by atoms with E-state index >= 15 is 0 Å². The van der Waals surface area contributed by atoms with Crippen LogP contribution in [0, 0.1) is 17.1 Å². The summed E-state index contributed by atoms with van der Waals surface area (Å²) in [5.41, 5.74) is 8.54. The van der Waals surface area contributed by atoms with Gasteiger partial charge < -0.3 is 20.1 Å². The molecule has 1 atom stereocenters. The number of nitrogens with two attached hydrogens (primary N) is 1. The van der Waals surface area contributed by atoms with E-state index in [-0.39, 0.29) is 11.9 Å². The van der Waals surface area contributed by atoms with Crippen molar-refractivity contribution in [2.45, 2.75) is 26.3 Å². The smallest absolute Gasteiger partial charge is 0.133 e. The predicted molar refractivity (Wildman–Crippen MR) is 99.4 cm³/mol. The fourth-order valence-corrected chi connectivity index (χ4v) is 3.41. The molecule has 0 bridgehead atoms. The molecule has 3 rings (SSSR count). The summed E-state index contributed by atoms with van der Waals surface area (Å²) in [6.45, 7) is 7.51. The molecule has 1 saturated heterocycles. The number of halogens is 1. The molecular formula is C19H24FN5. The average Bonchev–Trinajstić information content (AvgIpc) is 2.98. The Hall–Kier alpha value is -2.68. The van der Waals surface area contributed by atoms with E-state index in [1.807, 2.05) is 12.1 Å². The minimum Gasteiger partial charge on any atom is -0.396 e. The van der Waals surface area contributed by atoms with E-state index in [2.05, 4.69) is 34.3 Å². The van der Waals surface area contributed by atoms with Crippen molar-refractivity contribution in [3.63, 3.8) is 0 Å². The summed E-state index contributed by atoms with van der Waals surface area (Å²) < 4.78 is 15.2. The summed E-state index contributed by atoms with van der Waals surface area (Å²) in [4.78, 5) is 4.50. The second-order valence-electron chi connectivity index (χ2n) is 6.50. The third-order valence-corrected chi connectivity index (χ3v) is 4.96. The van der Waals surface area contributed by atoms with Crippen LogP contribution in [0.25, 0.3) is 0 Å². The van der Waals surface area contributed by atoms with Gasteiger partial charge in [0.1, 0.15) is 23.4 Å². The Morgan fingerprint density at radius 3 is 2.32 bits per heavy atom. The normalized spacial score (nSPS) is 15.9. The number of piperazine rings is 1. The number of hydrogen-bond donors (Lipinski definition) is 1. The highest BCUT2D eigenvalue weighted by atomic mass is 19.1. The zero-order valence-electron chi connectivity index (χ0n) is 14.7. The van der Waals surface area contributed by atoms with Gasteiger partial charge in [-0.15, -0.1) is 0 Å². The van der Waals surface area contributed by atoms with E-state index in [1.165, 1.54) is 12.1 Å². The van der Waals surface area contributed by atoms with Gasteiger partial charge in [0, 0.05) is 37.9 Å². The summed E-state index contributed by atoms with van der Waals surface area (Å²) in [5, 5.41) is 9.43. The number of hydrogen-bond acceptors (Lipinski definition) is 4. The molecule has 1 aromatic heterocycles. The Morgan fingerprint density at radius 1 is 1.16 bits per heavy atom. The summed E-state index contributed by atoms with van der Waals surface area (Å²) in [7, 11) is 0. The lowest BCUT2D eigenvalue weighted by Crippen LogP contribution is -2.47. The predicted octanol–water partition coefficient (Wildman–Crippen LogP) is 3.38. The van der Waals surface area contributed by atoms with Gasteiger partial charge in [0.05, 0.1) is 5.69 Å². The van der Waals surface area contributed by atoms with Crippen LogP contribution in [0.15, 0.2) is 30.3 Å². The third-order valence-electron chi connectivity index (χ3n) is 4.96. The number of nitrogen functional groups attached to an aromatic ring is 1. The first-order chi connectivity index (χ1) is 12.0. The van der Waals surface area contributed by atoms with Crippen molar-refractivity contribution in [2.75, 3.05) is 41.7 Å². The molecule has 25 heavy (non-hydrogen) atoms. The zero-order chi connectivity index (χ0) is 18.0. The van der Waals surface area contributed by atoms with Crippen molar-refractivity contribution in [3.05, 3.63) is 41.8 Å². The van der Waals surface area contributed by atoms with E-state index in [0.29, 0.717) is 11.4 Å². The Morgan fingerprint density at radius 2 is 1.76 bits per heavy atom. The maximum Gasteiger partial charge on any atom is 0.133 e. The van der Waals surface area contributed by atoms with Crippen LogP contribution in [0.1, 0.15) is 32.0 Å². The first-order valence-electron chi connectivity index (χ1n) is 8.71. The molecular weight excluding hydrogens is 317 g/mol. The Bertz CT molecular complexity index is 766. The van der Waals surface area contributed by atoms with Crippen LogP contribution in [0.3, 0.4) is 0 Å². The quantitative estimate of drug-likeness (QED) is 0.926. The number of aromatic nitrogens is 1. The largest absolute Gasteiger partial charge is 0.396 e. The van der Waals surface area contributed by atoms with Gasteiger partial charge in [0.2, 0.25) is 0 Å². The van der Waals surface area contributed by atoms with E-state index in [4.69, 9.17) is 5.73 Å². The van der Waals surface area contributed by atoms with Crippen LogP contribution in [-0.4, -0.2) is 30.7 Å². The standard InChI is InChI=1S/C19H24FN5/c1-3-14(2)25-17(13-21)12-18(22)19(25)24-10-8-23(9-11-24)16-6-4-15(20)5-7-16/h4-7,12,14H,3,8-11,22H2,1-2H3/t14-/m0/s1. The fourth-order valence-electron chi connectivity index (χ4n) is 3.41. The average molecular weight is 341 g/mol.